The first kappa shape index (κ1) is 20.9. The van der Waals surface area contributed by atoms with Crippen molar-refractivity contribution in [1.29, 1.82) is 0 Å². The lowest BCUT2D eigenvalue weighted by Crippen LogP contribution is -2.17. The summed E-state index contributed by atoms with van der Waals surface area (Å²) in [6.45, 7) is 5.88. The summed E-state index contributed by atoms with van der Waals surface area (Å²) in [7, 11) is 0. The van der Waals surface area contributed by atoms with Crippen LogP contribution in [0.15, 0.2) is 66.7 Å². The molecular weight excluding hydrogens is 384 g/mol. The molecule has 0 spiro atoms. The van der Waals surface area contributed by atoms with Crippen LogP contribution in [-0.4, -0.2) is 22.2 Å². The fourth-order valence-corrected chi connectivity index (χ4v) is 2.78. The van der Waals surface area contributed by atoms with Crippen LogP contribution < -0.4 is 9.47 Å². The number of aromatic hydroxyl groups is 1. The van der Waals surface area contributed by atoms with E-state index >= 15 is 0 Å². The number of rotatable bonds is 4. The van der Waals surface area contributed by atoms with Gasteiger partial charge in [0.15, 0.2) is 0 Å². The van der Waals surface area contributed by atoms with Gasteiger partial charge in [-0.05, 0) is 60.0 Å². The topological polar surface area (TPSA) is 95.7 Å². The minimum Gasteiger partial charge on any atom is -0.593 e. The Kier molecular flexibility index (Phi) is 5.78. The highest BCUT2D eigenvalue weighted by molar-refractivity contribution is 5.92. The number of carbonyl (C=O) groups is 2. The first-order chi connectivity index (χ1) is 14.1. The first-order valence-corrected chi connectivity index (χ1v) is 9.33. The molecule has 0 amide bonds. The van der Waals surface area contributed by atoms with E-state index in [0.29, 0.717) is 33.9 Å². The molecule has 0 saturated heterocycles. The zero-order chi connectivity index (χ0) is 21.9. The molecule has 30 heavy (non-hydrogen) atoms. The molecule has 0 saturated carbocycles. The highest BCUT2D eigenvalue weighted by Crippen LogP contribution is 2.35. The van der Waals surface area contributed by atoms with Gasteiger partial charge in [0, 0.05) is 17.7 Å². The molecule has 6 heteroatoms. The molecule has 0 atom stereocenters. The van der Waals surface area contributed by atoms with Crippen molar-refractivity contribution in [2.24, 2.45) is 0 Å². The van der Waals surface area contributed by atoms with E-state index in [1.54, 1.807) is 18.2 Å². The van der Waals surface area contributed by atoms with Gasteiger partial charge in [0.25, 0.3) is 5.75 Å². The van der Waals surface area contributed by atoms with Crippen LogP contribution in [-0.2, 0) is 5.41 Å². The fraction of sp³-hybridized carbons (Fsp3) is 0.167. The van der Waals surface area contributed by atoms with E-state index in [1.807, 2.05) is 20.8 Å². The normalized spacial score (nSPS) is 11.0. The van der Waals surface area contributed by atoms with Crippen LogP contribution in [0.1, 0.15) is 47.1 Å². The third kappa shape index (κ3) is 4.97. The number of esters is 2. The molecule has 0 aliphatic heterocycles. The number of hydrogen-bond acceptors (Lipinski definition) is 5. The Hall–Kier alpha value is -3.80. The Morgan fingerprint density at radius 2 is 1.33 bits per heavy atom. The van der Waals surface area contributed by atoms with E-state index in [1.165, 1.54) is 48.5 Å². The molecule has 3 aromatic rings. The first-order valence-electron chi connectivity index (χ1n) is 9.33. The van der Waals surface area contributed by atoms with Crippen LogP contribution >= 0.6 is 0 Å². The van der Waals surface area contributed by atoms with Crippen LogP contribution in [0.3, 0.4) is 0 Å². The number of ether oxygens (including phenoxy) is 2. The van der Waals surface area contributed by atoms with E-state index in [-0.39, 0.29) is 11.2 Å². The van der Waals surface area contributed by atoms with Crippen molar-refractivity contribution < 1.29 is 29.3 Å². The van der Waals surface area contributed by atoms with Gasteiger partial charge in [-0.1, -0.05) is 20.8 Å². The molecule has 0 heterocycles. The third-order valence-corrected chi connectivity index (χ3v) is 4.40. The highest BCUT2D eigenvalue weighted by Gasteiger charge is 2.23. The summed E-state index contributed by atoms with van der Waals surface area (Å²) >= 11 is 0. The van der Waals surface area contributed by atoms with Gasteiger partial charge >= 0.3 is 11.9 Å². The van der Waals surface area contributed by atoms with Crippen LogP contribution in [0.5, 0.6) is 23.0 Å². The molecule has 0 bridgehead atoms. The van der Waals surface area contributed by atoms with Crippen molar-refractivity contribution in [3.63, 3.8) is 0 Å². The monoisotopic (exact) mass is 407 g/mol. The van der Waals surface area contributed by atoms with Gasteiger partial charge < -0.3 is 19.7 Å². The van der Waals surface area contributed by atoms with Crippen LogP contribution in [0.4, 0.5) is 0 Å². The molecule has 154 valence electrons. The number of hydrogen-bond donors (Lipinski definition) is 1. The summed E-state index contributed by atoms with van der Waals surface area (Å²) < 4.78 is 11.0. The Labute approximate surface area is 174 Å². The van der Waals surface area contributed by atoms with Crippen LogP contribution in [0, 0.1) is 0 Å². The smallest absolute Gasteiger partial charge is 0.343 e. The zero-order valence-electron chi connectivity index (χ0n) is 16.9. The fourth-order valence-electron chi connectivity index (χ4n) is 2.78. The van der Waals surface area contributed by atoms with Crippen molar-refractivity contribution in [3.05, 3.63) is 83.4 Å². The summed E-state index contributed by atoms with van der Waals surface area (Å²) in [4.78, 5) is 24.8. The predicted octanol–water partition coefficient (Wildman–Crippen LogP) is 4.57. The maximum Gasteiger partial charge on any atom is 0.343 e. The van der Waals surface area contributed by atoms with Crippen LogP contribution in [0.25, 0.3) is 0 Å². The minimum absolute atomic E-state index is 0.0603. The average Bonchev–Trinajstić information content (AvgIpc) is 2.69. The van der Waals surface area contributed by atoms with Gasteiger partial charge in [0.05, 0.1) is 11.1 Å². The predicted molar refractivity (Wildman–Crippen MR) is 113 cm³/mol. The molecule has 0 aliphatic rings. The SMILES string of the molecule is CC(C)(C)c1cc(OC(=O)c2ccc(O)cc2)ccc1OC(=O)c1ccc([OH2+])cc1. The third-order valence-electron chi connectivity index (χ3n) is 4.40. The maximum absolute atomic E-state index is 12.5. The lowest BCUT2D eigenvalue weighted by molar-refractivity contribution is 0.0716. The number of carbonyl (C=O) groups excluding carboxylic acids is 2. The average molecular weight is 407 g/mol. The number of phenolic OH excluding ortho intramolecular Hbond substituents is 1. The van der Waals surface area contributed by atoms with Gasteiger partial charge in [0.2, 0.25) is 0 Å². The van der Waals surface area contributed by atoms with E-state index in [4.69, 9.17) is 14.6 Å². The Bertz CT molecular complexity index is 1060. The molecule has 3 rings (SSSR count). The maximum atomic E-state index is 12.5. The Morgan fingerprint density at radius 3 is 1.90 bits per heavy atom. The second-order valence-corrected chi connectivity index (χ2v) is 7.81. The molecule has 0 radical (unpaired) electrons. The molecule has 6 nitrogen and oxygen atoms in total. The van der Waals surface area contributed by atoms with E-state index in [2.05, 4.69) is 0 Å². The quantitative estimate of drug-likeness (QED) is 0.388. The standard InChI is InChI=1S/C24H22O6/c1-24(2,3)20-14-19(29-22(27)15-4-8-17(25)9-5-15)12-13-21(20)30-23(28)16-6-10-18(26)11-7-16/h4-14,25-26H,1-3H3/p+1. The minimum atomic E-state index is -0.560. The van der Waals surface area contributed by atoms with E-state index in [0.717, 1.165) is 0 Å². The lowest BCUT2D eigenvalue weighted by atomic mass is 9.86. The summed E-state index contributed by atoms with van der Waals surface area (Å²) in [6, 6.07) is 16.7. The molecule has 0 aromatic heterocycles. The number of phenols is 1. The van der Waals surface area contributed by atoms with Gasteiger partial charge in [-0.3, -0.25) is 0 Å². The largest absolute Gasteiger partial charge is 0.593 e. The molecule has 3 aromatic carbocycles. The van der Waals surface area contributed by atoms with Gasteiger partial charge in [-0.15, -0.1) is 0 Å². The van der Waals surface area contributed by atoms with Gasteiger partial charge in [0.1, 0.15) is 17.2 Å². The molecule has 0 aliphatic carbocycles. The van der Waals surface area contributed by atoms with Gasteiger partial charge in [-0.25, -0.2) is 9.59 Å². The molecule has 0 unspecified atom stereocenters. The van der Waals surface area contributed by atoms with Crippen molar-refractivity contribution in [2.45, 2.75) is 26.2 Å². The summed E-state index contributed by atoms with van der Waals surface area (Å²) in [5, 5.41) is 16.9. The molecule has 0 fully saturated rings. The van der Waals surface area contributed by atoms with Gasteiger partial charge in [-0.2, -0.15) is 0 Å². The summed E-state index contributed by atoms with van der Waals surface area (Å²) in [6.07, 6.45) is 0. The number of benzene rings is 3. The van der Waals surface area contributed by atoms with Crippen molar-refractivity contribution in [3.8, 4) is 23.0 Å². The van der Waals surface area contributed by atoms with Crippen molar-refractivity contribution >= 4 is 11.9 Å². The van der Waals surface area contributed by atoms with E-state index in [9.17, 15) is 14.7 Å². The molecule has 3 N–H and O–H groups in total. The summed E-state index contributed by atoms with van der Waals surface area (Å²) in [5.74, 6) is -0.0421. The second kappa shape index (κ2) is 8.29. The van der Waals surface area contributed by atoms with E-state index < -0.39 is 11.9 Å². The highest BCUT2D eigenvalue weighted by atomic mass is 16.5. The Balaban J connectivity index is 1.84. The summed E-state index contributed by atoms with van der Waals surface area (Å²) in [5.41, 5.74) is 0.956. The second-order valence-electron chi connectivity index (χ2n) is 7.81. The lowest BCUT2D eigenvalue weighted by Gasteiger charge is -2.23. The Morgan fingerprint density at radius 1 is 0.800 bits per heavy atom. The van der Waals surface area contributed by atoms with Crippen LogP contribution in [0.2, 0.25) is 0 Å². The molecular formula is C24H23O6+. The van der Waals surface area contributed by atoms with Crippen molar-refractivity contribution in [1.82, 2.24) is 0 Å². The zero-order valence-corrected chi connectivity index (χ0v) is 16.9. The van der Waals surface area contributed by atoms with Crippen molar-refractivity contribution in [2.75, 3.05) is 0 Å².